The predicted octanol–water partition coefficient (Wildman–Crippen LogP) is 5.13. The molecule has 3 aliphatic rings. The Labute approximate surface area is 254 Å². The first kappa shape index (κ1) is 28.2. The van der Waals surface area contributed by atoms with Crippen LogP contribution in [0.1, 0.15) is 45.8 Å². The van der Waals surface area contributed by atoms with Gasteiger partial charge in [0.1, 0.15) is 18.2 Å². The van der Waals surface area contributed by atoms with Crippen molar-refractivity contribution < 1.29 is 23.4 Å². The summed E-state index contributed by atoms with van der Waals surface area (Å²) in [5, 5.41) is 8.96. The first-order valence-electron chi connectivity index (χ1n) is 14.9. The number of fused-ring (bicyclic) bond motifs is 2. The molecule has 44 heavy (non-hydrogen) atoms. The van der Waals surface area contributed by atoms with Crippen molar-refractivity contribution in [3.63, 3.8) is 0 Å². The van der Waals surface area contributed by atoms with Crippen molar-refractivity contribution in [3.8, 4) is 11.9 Å². The Balaban J connectivity index is 1.03. The summed E-state index contributed by atoms with van der Waals surface area (Å²) in [6.45, 7) is 4.13. The van der Waals surface area contributed by atoms with E-state index in [1.807, 2.05) is 30.3 Å². The summed E-state index contributed by atoms with van der Waals surface area (Å²) < 4.78 is 33.0. The lowest BCUT2D eigenvalue weighted by Gasteiger charge is -2.28. The zero-order valence-corrected chi connectivity index (χ0v) is 24.4. The number of aromatic nitrogens is 3. The van der Waals surface area contributed by atoms with Crippen LogP contribution in [0.15, 0.2) is 60.7 Å². The largest absolute Gasteiger partial charge is 0.473 e. The second-order valence-electron chi connectivity index (χ2n) is 11.7. The van der Waals surface area contributed by atoms with Crippen molar-refractivity contribution in [2.45, 2.75) is 38.6 Å². The SMILES string of the molecule is COC(=O)c1ccc2nc(CN3CC4C=C(c5cccc(OCc6ccc(C#N)cc6F)n5)CC4C3)n(C[C@@H]3CCO3)c2c1. The molecule has 9 nitrogen and oxygen atoms in total. The number of hydrogen-bond donors (Lipinski definition) is 0. The van der Waals surface area contributed by atoms with Gasteiger partial charge in [-0.05, 0) is 66.6 Å². The molecule has 4 aromatic rings. The van der Waals surface area contributed by atoms with Crippen LogP contribution in [0, 0.1) is 29.0 Å². The molecule has 0 N–H and O–H groups in total. The number of imidazole rings is 1. The number of nitrogens with zero attached hydrogens (tertiary/aromatic N) is 5. The smallest absolute Gasteiger partial charge is 0.337 e. The first-order chi connectivity index (χ1) is 21.5. The fourth-order valence-corrected chi connectivity index (χ4v) is 6.46. The number of carbonyl (C=O) groups excluding carboxylic acids is 1. The number of halogens is 1. The molecule has 0 amide bonds. The minimum absolute atomic E-state index is 0.0366. The van der Waals surface area contributed by atoms with E-state index in [1.165, 1.54) is 18.7 Å². The molecule has 7 rings (SSSR count). The summed E-state index contributed by atoms with van der Waals surface area (Å²) in [7, 11) is 1.39. The Bertz CT molecular complexity index is 1810. The summed E-state index contributed by atoms with van der Waals surface area (Å²) in [5.41, 5.74) is 5.05. The third kappa shape index (κ3) is 5.56. The Morgan fingerprint density at radius 1 is 1.16 bits per heavy atom. The Hall–Kier alpha value is -4.59. The van der Waals surface area contributed by atoms with E-state index in [2.05, 4.69) is 15.5 Å². The van der Waals surface area contributed by atoms with Gasteiger partial charge in [0, 0.05) is 31.3 Å². The zero-order valence-electron chi connectivity index (χ0n) is 24.4. The molecule has 2 aromatic heterocycles. The quantitative estimate of drug-likeness (QED) is 0.246. The molecular formula is C34H32FN5O4. The average Bonchev–Trinajstić information content (AvgIpc) is 3.69. The van der Waals surface area contributed by atoms with Gasteiger partial charge in [-0.15, -0.1) is 0 Å². The highest BCUT2D eigenvalue weighted by molar-refractivity contribution is 5.93. The highest BCUT2D eigenvalue weighted by atomic mass is 19.1. The normalized spacial score (nSPS) is 21.0. The molecule has 2 aliphatic heterocycles. The highest BCUT2D eigenvalue weighted by Crippen LogP contribution is 2.41. The maximum Gasteiger partial charge on any atom is 0.337 e. The number of carbonyl (C=O) groups is 1. The van der Waals surface area contributed by atoms with Gasteiger partial charge < -0.3 is 18.8 Å². The van der Waals surface area contributed by atoms with Gasteiger partial charge in [0.05, 0.1) is 60.2 Å². The number of hydrogen-bond acceptors (Lipinski definition) is 8. The van der Waals surface area contributed by atoms with E-state index in [-0.39, 0.29) is 24.2 Å². The molecule has 0 spiro atoms. The molecule has 0 bridgehead atoms. The van der Waals surface area contributed by atoms with E-state index >= 15 is 0 Å². The maximum absolute atomic E-state index is 14.3. The van der Waals surface area contributed by atoms with Crippen LogP contribution in [-0.2, 0) is 29.2 Å². The van der Waals surface area contributed by atoms with Crippen LogP contribution in [0.3, 0.4) is 0 Å². The molecular weight excluding hydrogens is 561 g/mol. The van der Waals surface area contributed by atoms with Crippen LogP contribution in [-0.4, -0.2) is 58.3 Å². The zero-order chi connectivity index (χ0) is 30.2. The standard InChI is InChI=1S/C34H32FN5O4/c1-42-34(41)22-7-8-30-31(14-22)40(18-27-9-10-43-27)32(37-30)19-39-16-25-12-24(13-26(25)17-39)29-3-2-4-33(38-29)44-20-23-6-5-21(15-36)11-28(23)35/h2-8,11-12,14,25-27H,9-10,13,16-20H2,1H3/t25?,26?,27-/m0/s1. The molecule has 10 heteroatoms. The van der Waals surface area contributed by atoms with Crippen LogP contribution in [0.5, 0.6) is 5.88 Å². The molecule has 0 radical (unpaired) electrons. The number of rotatable bonds is 9. The number of nitriles is 1. The van der Waals surface area contributed by atoms with Gasteiger partial charge in [-0.1, -0.05) is 18.2 Å². The van der Waals surface area contributed by atoms with E-state index in [9.17, 15) is 9.18 Å². The van der Waals surface area contributed by atoms with Gasteiger partial charge in [-0.2, -0.15) is 5.26 Å². The monoisotopic (exact) mass is 593 g/mol. The second kappa shape index (κ2) is 11.8. The van der Waals surface area contributed by atoms with Crippen LogP contribution in [0.4, 0.5) is 4.39 Å². The first-order valence-corrected chi connectivity index (χ1v) is 14.9. The summed E-state index contributed by atoms with van der Waals surface area (Å²) in [6.07, 6.45) is 4.44. The van der Waals surface area contributed by atoms with E-state index in [1.54, 1.807) is 24.3 Å². The van der Waals surface area contributed by atoms with Crippen LogP contribution in [0.2, 0.25) is 0 Å². The van der Waals surface area contributed by atoms with Crippen LogP contribution in [0.25, 0.3) is 16.6 Å². The number of methoxy groups -OCH3 is 1. The van der Waals surface area contributed by atoms with Crippen molar-refractivity contribution in [1.29, 1.82) is 5.26 Å². The maximum atomic E-state index is 14.3. The number of ether oxygens (including phenoxy) is 3. The molecule has 1 aliphatic carbocycles. The van der Waals surface area contributed by atoms with Crippen LogP contribution >= 0.6 is 0 Å². The lowest BCUT2D eigenvalue weighted by atomic mass is 9.99. The van der Waals surface area contributed by atoms with E-state index in [0.29, 0.717) is 35.4 Å². The molecule has 2 fully saturated rings. The summed E-state index contributed by atoms with van der Waals surface area (Å²) in [6, 6.07) is 17.5. The molecule has 3 atom stereocenters. The summed E-state index contributed by atoms with van der Waals surface area (Å²) >= 11 is 0. The number of esters is 1. The van der Waals surface area contributed by atoms with Gasteiger partial charge in [0.15, 0.2) is 0 Å². The van der Waals surface area contributed by atoms with Crippen molar-refractivity contribution in [2.24, 2.45) is 11.8 Å². The summed E-state index contributed by atoms with van der Waals surface area (Å²) in [5.74, 6) is 1.50. The number of pyridine rings is 1. The van der Waals surface area contributed by atoms with Gasteiger partial charge in [-0.25, -0.2) is 19.2 Å². The van der Waals surface area contributed by atoms with E-state index in [4.69, 9.17) is 29.4 Å². The van der Waals surface area contributed by atoms with Crippen molar-refractivity contribution in [2.75, 3.05) is 26.8 Å². The van der Waals surface area contributed by atoms with Crippen molar-refractivity contribution in [3.05, 3.63) is 94.7 Å². The third-order valence-corrected chi connectivity index (χ3v) is 8.87. The van der Waals surface area contributed by atoms with Crippen molar-refractivity contribution >= 4 is 22.6 Å². The van der Waals surface area contributed by atoms with Gasteiger partial charge >= 0.3 is 5.97 Å². The minimum Gasteiger partial charge on any atom is -0.473 e. The number of likely N-dealkylation sites (tertiary alicyclic amines) is 1. The molecule has 2 aromatic carbocycles. The van der Waals surface area contributed by atoms with E-state index in [0.717, 1.165) is 61.6 Å². The van der Waals surface area contributed by atoms with E-state index < -0.39 is 5.82 Å². The lowest BCUT2D eigenvalue weighted by Crippen LogP contribution is -2.32. The highest BCUT2D eigenvalue weighted by Gasteiger charge is 2.37. The molecule has 4 heterocycles. The van der Waals surface area contributed by atoms with Gasteiger partial charge in [0.2, 0.25) is 5.88 Å². The Morgan fingerprint density at radius 3 is 2.80 bits per heavy atom. The van der Waals surface area contributed by atoms with Gasteiger partial charge in [-0.3, -0.25) is 4.90 Å². The summed E-state index contributed by atoms with van der Waals surface area (Å²) in [4.78, 5) is 24.3. The fourth-order valence-electron chi connectivity index (χ4n) is 6.46. The number of allylic oxidation sites excluding steroid dienone is 1. The molecule has 2 saturated heterocycles. The lowest BCUT2D eigenvalue weighted by molar-refractivity contribution is -0.0591. The Kier molecular flexibility index (Phi) is 7.58. The third-order valence-electron chi connectivity index (χ3n) is 8.87. The molecule has 2 unspecified atom stereocenters. The average molecular weight is 594 g/mol. The fraction of sp³-hybridized carbons (Fsp3) is 0.353. The predicted molar refractivity (Wildman–Crippen MR) is 160 cm³/mol. The molecule has 0 saturated carbocycles. The number of benzene rings is 2. The Morgan fingerprint density at radius 2 is 2.05 bits per heavy atom. The molecule has 224 valence electrons. The minimum atomic E-state index is -0.464. The van der Waals surface area contributed by atoms with Crippen molar-refractivity contribution in [1.82, 2.24) is 19.4 Å². The van der Waals surface area contributed by atoms with Crippen LogP contribution < -0.4 is 4.74 Å². The topological polar surface area (TPSA) is 102 Å². The second-order valence-corrected chi connectivity index (χ2v) is 11.7. The van der Waals surface area contributed by atoms with Gasteiger partial charge in [0.25, 0.3) is 0 Å².